The Morgan fingerprint density at radius 2 is 1.96 bits per heavy atom. The second-order valence-electron chi connectivity index (χ2n) is 4.88. The van der Waals surface area contributed by atoms with Gasteiger partial charge in [0.1, 0.15) is 5.75 Å². The maximum Gasteiger partial charge on any atom is 0.337 e. The van der Waals surface area contributed by atoms with Crippen molar-refractivity contribution in [1.82, 2.24) is 0 Å². The molecule has 0 heterocycles. The minimum absolute atomic E-state index is 0.0681. The fourth-order valence-corrected chi connectivity index (χ4v) is 2.14. The van der Waals surface area contributed by atoms with E-state index in [9.17, 15) is 24.8 Å². The fraction of sp³-hybridized carbons (Fsp3) is 0.125. The number of aromatic hydroxyl groups is 1. The molecule has 0 saturated carbocycles. The molecule has 1 amide bonds. The predicted octanol–water partition coefficient (Wildman–Crippen LogP) is 2.65. The highest BCUT2D eigenvalue weighted by Gasteiger charge is 2.19. The number of rotatable bonds is 4. The maximum absolute atomic E-state index is 12.3. The molecule has 0 atom stereocenters. The first-order valence-electron chi connectivity index (χ1n) is 6.82. The maximum atomic E-state index is 12.3. The molecule has 0 unspecified atom stereocenters. The third kappa shape index (κ3) is 3.32. The van der Waals surface area contributed by atoms with Crippen LogP contribution in [0.4, 0.5) is 11.4 Å². The number of esters is 1. The summed E-state index contributed by atoms with van der Waals surface area (Å²) >= 11 is 0. The van der Waals surface area contributed by atoms with Crippen LogP contribution in [0, 0.1) is 17.0 Å². The molecule has 2 rings (SSSR count). The number of nitrogens with zero attached hydrogens (tertiary/aromatic N) is 1. The molecule has 124 valence electrons. The molecule has 0 radical (unpaired) electrons. The Hall–Kier alpha value is -3.42. The van der Waals surface area contributed by atoms with Gasteiger partial charge < -0.3 is 15.2 Å². The molecule has 0 aromatic heterocycles. The lowest BCUT2D eigenvalue weighted by Gasteiger charge is -2.10. The molecule has 2 aromatic carbocycles. The average Bonchev–Trinajstić information content (AvgIpc) is 2.55. The lowest BCUT2D eigenvalue weighted by atomic mass is 10.1. The Bertz CT molecular complexity index is 831. The topological polar surface area (TPSA) is 119 Å². The Labute approximate surface area is 136 Å². The van der Waals surface area contributed by atoms with Crippen LogP contribution in [0.3, 0.4) is 0 Å². The molecule has 0 spiro atoms. The summed E-state index contributed by atoms with van der Waals surface area (Å²) in [4.78, 5) is 34.0. The molecule has 0 aliphatic carbocycles. The molecule has 24 heavy (non-hydrogen) atoms. The smallest absolute Gasteiger partial charge is 0.337 e. The molecule has 8 nitrogen and oxygen atoms in total. The van der Waals surface area contributed by atoms with Crippen LogP contribution in [-0.2, 0) is 4.74 Å². The minimum atomic E-state index is -0.627. The third-order valence-electron chi connectivity index (χ3n) is 3.41. The van der Waals surface area contributed by atoms with Crippen molar-refractivity contribution in [2.45, 2.75) is 6.92 Å². The number of anilines is 1. The lowest BCUT2D eigenvalue weighted by molar-refractivity contribution is -0.385. The minimum Gasteiger partial charge on any atom is -0.506 e. The number of benzene rings is 2. The molecular formula is C16H14N2O6. The molecule has 2 N–H and O–H groups in total. The van der Waals surface area contributed by atoms with E-state index < -0.39 is 16.8 Å². The number of methoxy groups -OCH3 is 1. The van der Waals surface area contributed by atoms with Gasteiger partial charge in [-0.1, -0.05) is 6.07 Å². The van der Waals surface area contributed by atoms with Crippen LogP contribution in [0.15, 0.2) is 36.4 Å². The first-order chi connectivity index (χ1) is 11.3. The molecule has 0 aliphatic rings. The zero-order chi connectivity index (χ0) is 17.9. The second kappa shape index (κ2) is 6.78. The summed E-state index contributed by atoms with van der Waals surface area (Å²) < 4.78 is 4.53. The first kappa shape index (κ1) is 16.9. The molecule has 0 aliphatic heterocycles. The van der Waals surface area contributed by atoms with E-state index in [1.165, 1.54) is 44.4 Å². The summed E-state index contributed by atoms with van der Waals surface area (Å²) in [5, 5.41) is 23.3. The van der Waals surface area contributed by atoms with Crippen LogP contribution in [0.5, 0.6) is 5.75 Å². The summed E-state index contributed by atoms with van der Waals surface area (Å²) in [5.74, 6) is -1.57. The van der Waals surface area contributed by atoms with Crippen molar-refractivity contribution in [1.29, 1.82) is 0 Å². The largest absolute Gasteiger partial charge is 0.506 e. The Kier molecular flexibility index (Phi) is 4.78. The number of phenolic OH excluding ortho intramolecular Hbond substituents is 1. The van der Waals surface area contributed by atoms with Gasteiger partial charge in [-0.05, 0) is 31.2 Å². The lowest BCUT2D eigenvalue weighted by Crippen LogP contribution is -2.14. The van der Waals surface area contributed by atoms with Crippen LogP contribution >= 0.6 is 0 Å². The van der Waals surface area contributed by atoms with E-state index in [4.69, 9.17) is 0 Å². The SMILES string of the molecule is COC(=O)c1ccc(NC(=O)c2cccc([N+](=O)[O-])c2C)c(O)c1. The van der Waals surface area contributed by atoms with Gasteiger partial charge in [0, 0.05) is 17.2 Å². The monoisotopic (exact) mass is 330 g/mol. The zero-order valence-corrected chi connectivity index (χ0v) is 12.9. The summed E-state index contributed by atoms with van der Waals surface area (Å²) in [6.45, 7) is 1.47. The predicted molar refractivity (Wildman–Crippen MR) is 85.2 cm³/mol. The van der Waals surface area contributed by atoms with Gasteiger partial charge in [-0.15, -0.1) is 0 Å². The van der Waals surface area contributed by atoms with Crippen LogP contribution < -0.4 is 5.32 Å². The standard InChI is InChI=1S/C16H14N2O6/c1-9-11(4-3-5-13(9)18(22)23)15(20)17-12-7-6-10(8-14(12)19)16(21)24-2/h3-8,19H,1-2H3,(H,17,20). The highest BCUT2D eigenvalue weighted by atomic mass is 16.6. The van der Waals surface area contributed by atoms with Gasteiger partial charge in [0.05, 0.1) is 23.3 Å². The van der Waals surface area contributed by atoms with E-state index in [2.05, 4.69) is 10.1 Å². The van der Waals surface area contributed by atoms with Crippen LogP contribution in [-0.4, -0.2) is 29.0 Å². The highest BCUT2D eigenvalue weighted by Crippen LogP contribution is 2.27. The van der Waals surface area contributed by atoms with Gasteiger partial charge in [-0.3, -0.25) is 14.9 Å². The van der Waals surface area contributed by atoms with Gasteiger partial charge in [0.25, 0.3) is 11.6 Å². The molecule has 8 heteroatoms. The Morgan fingerprint density at radius 3 is 2.54 bits per heavy atom. The number of carbonyl (C=O) groups is 2. The third-order valence-corrected chi connectivity index (χ3v) is 3.41. The highest BCUT2D eigenvalue weighted by molar-refractivity contribution is 6.06. The van der Waals surface area contributed by atoms with Crippen LogP contribution in [0.1, 0.15) is 26.3 Å². The van der Waals surface area contributed by atoms with Gasteiger partial charge in [-0.25, -0.2) is 4.79 Å². The number of ether oxygens (including phenoxy) is 1. The van der Waals surface area contributed by atoms with E-state index in [1.54, 1.807) is 0 Å². The first-order valence-corrected chi connectivity index (χ1v) is 6.82. The van der Waals surface area contributed by atoms with E-state index in [0.29, 0.717) is 0 Å². The van der Waals surface area contributed by atoms with Gasteiger partial charge in [-0.2, -0.15) is 0 Å². The van der Waals surface area contributed by atoms with Gasteiger partial charge in [0.2, 0.25) is 0 Å². The molecule has 2 aromatic rings. The normalized spacial score (nSPS) is 10.1. The van der Waals surface area contributed by atoms with E-state index in [-0.39, 0.29) is 33.8 Å². The Balaban J connectivity index is 2.29. The molecule has 0 fully saturated rings. The zero-order valence-electron chi connectivity index (χ0n) is 12.9. The molecule has 0 bridgehead atoms. The van der Waals surface area contributed by atoms with Crippen molar-refractivity contribution in [3.05, 3.63) is 63.2 Å². The number of carbonyl (C=O) groups excluding carboxylic acids is 2. The van der Waals surface area contributed by atoms with E-state index >= 15 is 0 Å². The van der Waals surface area contributed by atoms with Crippen molar-refractivity contribution in [2.24, 2.45) is 0 Å². The van der Waals surface area contributed by atoms with Crippen LogP contribution in [0.2, 0.25) is 0 Å². The van der Waals surface area contributed by atoms with Crippen molar-refractivity contribution in [3.8, 4) is 5.75 Å². The van der Waals surface area contributed by atoms with Gasteiger partial charge >= 0.3 is 5.97 Å². The van der Waals surface area contributed by atoms with Crippen molar-refractivity contribution < 1.29 is 24.4 Å². The van der Waals surface area contributed by atoms with E-state index in [1.807, 2.05) is 0 Å². The average molecular weight is 330 g/mol. The number of nitro benzene ring substituents is 1. The number of nitro groups is 1. The summed E-state index contributed by atoms with van der Waals surface area (Å²) in [7, 11) is 1.21. The van der Waals surface area contributed by atoms with E-state index in [0.717, 1.165) is 6.07 Å². The summed E-state index contributed by atoms with van der Waals surface area (Å²) in [5.41, 5.74) is 0.345. The molecular weight excluding hydrogens is 316 g/mol. The molecule has 0 saturated heterocycles. The summed E-state index contributed by atoms with van der Waals surface area (Å²) in [6.07, 6.45) is 0. The quantitative estimate of drug-likeness (QED) is 0.385. The number of nitrogens with one attached hydrogen (secondary N) is 1. The number of hydrogen-bond donors (Lipinski definition) is 2. The fourth-order valence-electron chi connectivity index (χ4n) is 2.14. The number of amides is 1. The Morgan fingerprint density at radius 1 is 1.25 bits per heavy atom. The van der Waals surface area contributed by atoms with Crippen molar-refractivity contribution in [2.75, 3.05) is 12.4 Å². The summed E-state index contributed by atoms with van der Waals surface area (Å²) in [6, 6.07) is 8.02. The number of hydrogen-bond acceptors (Lipinski definition) is 6. The van der Waals surface area contributed by atoms with Gasteiger partial charge in [0.15, 0.2) is 0 Å². The number of phenols is 1. The van der Waals surface area contributed by atoms with Crippen molar-refractivity contribution >= 4 is 23.3 Å². The van der Waals surface area contributed by atoms with Crippen molar-refractivity contribution in [3.63, 3.8) is 0 Å². The second-order valence-corrected chi connectivity index (χ2v) is 4.88. The van der Waals surface area contributed by atoms with Crippen LogP contribution in [0.25, 0.3) is 0 Å².